The summed E-state index contributed by atoms with van der Waals surface area (Å²) in [5.74, 6) is 1.01. The number of carbonyl (C=O) groups is 2. The van der Waals surface area contributed by atoms with E-state index in [0.29, 0.717) is 5.69 Å². The van der Waals surface area contributed by atoms with Gasteiger partial charge in [0, 0.05) is 10.2 Å². The van der Waals surface area contributed by atoms with Gasteiger partial charge in [-0.2, -0.15) is 0 Å². The number of amides is 1. The molecule has 0 aliphatic carbocycles. The van der Waals surface area contributed by atoms with Gasteiger partial charge >= 0.3 is 5.97 Å². The maximum absolute atomic E-state index is 11.8. The van der Waals surface area contributed by atoms with Crippen molar-refractivity contribution in [2.24, 2.45) is 0 Å². The van der Waals surface area contributed by atoms with Crippen LogP contribution in [0.25, 0.3) is 0 Å². The summed E-state index contributed by atoms with van der Waals surface area (Å²) < 4.78 is 0.954. The Morgan fingerprint density at radius 3 is 2.70 bits per heavy atom. The highest BCUT2D eigenvalue weighted by molar-refractivity contribution is 9.10. The zero-order valence-corrected chi connectivity index (χ0v) is 12.6. The van der Waals surface area contributed by atoms with Gasteiger partial charge in [-0.25, -0.2) is 0 Å². The van der Waals surface area contributed by atoms with Gasteiger partial charge in [0.05, 0.1) is 19.6 Å². The Morgan fingerprint density at radius 2 is 2.15 bits per heavy atom. The number of anilines is 1. The van der Waals surface area contributed by atoms with Crippen LogP contribution in [0.4, 0.5) is 5.69 Å². The molecule has 0 saturated carbocycles. The Hall–Kier alpha value is -1.84. The fourth-order valence-corrected chi connectivity index (χ4v) is 1.86. The summed E-state index contributed by atoms with van der Waals surface area (Å²) in [5, 5.41) is 11.4. The molecule has 20 heavy (non-hydrogen) atoms. The number of rotatable bonds is 6. The van der Waals surface area contributed by atoms with E-state index < -0.39 is 5.97 Å². The lowest BCUT2D eigenvalue weighted by Gasteiger charge is -2.16. The first kappa shape index (κ1) is 16.2. The number of carboxylic acids is 1. The van der Waals surface area contributed by atoms with Gasteiger partial charge in [-0.05, 0) is 30.7 Å². The molecule has 0 unspecified atom stereocenters. The molecule has 5 nitrogen and oxygen atoms in total. The number of aryl methyl sites for hydroxylation is 1. The van der Waals surface area contributed by atoms with Crippen LogP contribution >= 0.6 is 15.9 Å². The van der Waals surface area contributed by atoms with Crippen molar-refractivity contribution in [3.05, 3.63) is 28.2 Å². The number of nitrogens with one attached hydrogen (secondary N) is 1. The summed E-state index contributed by atoms with van der Waals surface area (Å²) in [6.45, 7) is 1.69. The monoisotopic (exact) mass is 338 g/mol. The Bertz CT molecular complexity index is 552. The predicted octanol–water partition coefficient (Wildman–Crippen LogP) is 1.72. The maximum atomic E-state index is 11.8. The van der Waals surface area contributed by atoms with Crippen LogP contribution in [0.3, 0.4) is 0 Å². The van der Waals surface area contributed by atoms with E-state index in [4.69, 9.17) is 11.5 Å². The Balaban J connectivity index is 2.63. The van der Waals surface area contributed by atoms with E-state index in [2.05, 4.69) is 27.2 Å². The second kappa shape index (κ2) is 7.68. The summed E-state index contributed by atoms with van der Waals surface area (Å²) in [5.41, 5.74) is 1.65. The molecule has 1 aromatic carbocycles. The van der Waals surface area contributed by atoms with Gasteiger partial charge < -0.3 is 10.4 Å². The van der Waals surface area contributed by atoms with Crippen LogP contribution in [-0.2, 0) is 9.59 Å². The van der Waals surface area contributed by atoms with Crippen molar-refractivity contribution in [3.63, 3.8) is 0 Å². The molecule has 1 amide bonds. The van der Waals surface area contributed by atoms with Crippen LogP contribution in [0.2, 0.25) is 0 Å². The van der Waals surface area contributed by atoms with Crippen molar-refractivity contribution in [2.75, 3.05) is 25.0 Å². The van der Waals surface area contributed by atoms with Crippen molar-refractivity contribution in [1.29, 1.82) is 0 Å². The lowest BCUT2D eigenvalue weighted by molar-refractivity contribution is -0.138. The fourth-order valence-electron chi connectivity index (χ4n) is 1.61. The molecule has 106 valence electrons. The largest absolute Gasteiger partial charge is 0.480 e. The average molecular weight is 339 g/mol. The number of hydrogen-bond donors (Lipinski definition) is 2. The van der Waals surface area contributed by atoms with Crippen molar-refractivity contribution in [1.82, 2.24) is 4.90 Å². The third kappa shape index (κ3) is 5.43. The summed E-state index contributed by atoms with van der Waals surface area (Å²) in [6.07, 6.45) is 5.15. The minimum absolute atomic E-state index is 0.0639. The number of halogens is 1. The summed E-state index contributed by atoms with van der Waals surface area (Å²) in [6, 6.07) is 5.42. The van der Waals surface area contributed by atoms with E-state index in [1.807, 2.05) is 19.1 Å². The Kier molecular flexibility index (Phi) is 6.22. The highest BCUT2D eigenvalue weighted by Crippen LogP contribution is 2.19. The van der Waals surface area contributed by atoms with E-state index in [-0.39, 0.29) is 25.5 Å². The second-order valence-corrected chi connectivity index (χ2v) is 5.11. The predicted molar refractivity (Wildman–Crippen MR) is 80.4 cm³/mol. The van der Waals surface area contributed by atoms with Crippen LogP contribution in [0.5, 0.6) is 0 Å². The van der Waals surface area contributed by atoms with Gasteiger partial charge in [0.25, 0.3) is 0 Å². The molecule has 0 fully saturated rings. The SMILES string of the molecule is C#CCN(CC(=O)O)CC(=O)Nc1ccc(Br)c(C)c1. The zero-order valence-electron chi connectivity index (χ0n) is 11.0. The molecular formula is C14H15BrN2O3. The molecule has 6 heteroatoms. The van der Waals surface area contributed by atoms with Gasteiger partial charge in [0.15, 0.2) is 0 Å². The molecule has 0 radical (unpaired) electrons. The normalized spacial score (nSPS) is 10.1. The maximum Gasteiger partial charge on any atom is 0.317 e. The van der Waals surface area contributed by atoms with E-state index >= 15 is 0 Å². The second-order valence-electron chi connectivity index (χ2n) is 4.26. The molecule has 0 saturated heterocycles. The lowest BCUT2D eigenvalue weighted by atomic mass is 10.2. The molecule has 0 heterocycles. The van der Waals surface area contributed by atoms with E-state index in [1.54, 1.807) is 6.07 Å². The minimum atomic E-state index is -1.02. The minimum Gasteiger partial charge on any atom is -0.480 e. The molecule has 2 N–H and O–H groups in total. The number of benzene rings is 1. The van der Waals surface area contributed by atoms with Crippen molar-refractivity contribution in [3.8, 4) is 12.3 Å². The van der Waals surface area contributed by atoms with Crippen LogP contribution in [-0.4, -0.2) is 41.5 Å². The number of carboxylic acid groups (broad SMARTS) is 1. The quantitative estimate of drug-likeness (QED) is 0.775. The number of terminal acetylenes is 1. The fraction of sp³-hybridized carbons (Fsp3) is 0.286. The summed E-state index contributed by atoms with van der Waals surface area (Å²) >= 11 is 3.38. The molecule has 0 aliphatic rings. The summed E-state index contributed by atoms with van der Waals surface area (Å²) in [7, 11) is 0. The smallest absolute Gasteiger partial charge is 0.317 e. The Morgan fingerprint density at radius 1 is 1.45 bits per heavy atom. The standard InChI is InChI=1S/C14H15BrN2O3/c1-3-6-17(9-14(19)20)8-13(18)16-11-4-5-12(15)10(2)7-11/h1,4-5,7H,6,8-9H2,2H3,(H,16,18)(H,19,20). The van der Waals surface area contributed by atoms with Crippen molar-refractivity contribution in [2.45, 2.75) is 6.92 Å². The lowest BCUT2D eigenvalue weighted by Crippen LogP contribution is -2.37. The summed E-state index contributed by atoms with van der Waals surface area (Å²) in [4.78, 5) is 23.9. The first-order chi connectivity index (χ1) is 9.42. The van der Waals surface area contributed by atoms with Crippen LogP contribution in [0, 0.1) is 19.3 Å². The first-order valence-electron chi connectivity index (χ1n) is 5.86. The van der Waals surface area contributed by atoms with E-state index in [9.17, 15) is 9.59 Å². The van der Waals surface area contributed by atoms with E-state index in [0.717, 1.165) is 10.0 Å². The van der Waals surface area contributed by atoms with Crippen molar-refractivity contribution < 1.29 is 14.7 Å². The number of nitrogens with zero attached hydrogens (tertiary/aromatic N) is 1. The molecular weight excluding hydrogens is 324 g/mol. The highest BCUT2D eigenvalue weighted by Gasteiger charge is 2.13. The first-order valence-corrected chi connectivity index (χ1v) is 6.65. The van der Waals surface area contributed by atoms with Crippen molar-refractivity contribution >= 4 is 33.5 Å². The molecule has 0 atom stereocenters. The van der Waals surface area contributed by atoms with Crippen LogP contribution in [0.1, 0.15) is 5.56 Å². The molecule has 0 aliphatic heterocycles. The van der Waals surface area contributed by atoms with Gasteiger partial charge in [0.1, 0.15) is 0 Å². The van der Waals surface area contributed by atoms with E-state index in [1.165, 1.54) is 4.90 Å². The molecule has 1 rings (SSSR count). The molecule has 1 aromatic rings. The number of hydrogen-bond acceptors (Lipinski definition) is 3. The van der Waals surface area contributed by atoms with Crippen LogP contribution < -0.4 is 5.32 Å². The highest BCUT2D eigenvalue weighted by atomic mass is 79.9. The third-order valence-electron chi connectivity index (χ3n) is 2.48. The Labute approximate surface area is 126 Å². The zero-order chi connectivity index (χ0) is 15.1. The van der Waals surface area contributed by atoms with Gasteiger partial charge in [0.2, 0.25) is 5.91 Å². The third-order valence-corrected chi connectivity index (χ3v) is 3.37. The average Bonchev–Trinajstić information content (AvgIpc) is 2.33. The number of aliphatic carboxylic acids is 1. The molecule has 0 aromatic heterocycles. The van der Waals surface area contributed by atoms with Gasteiger partial charge in [-0.15, -0.1) is 6.42 Å². The molecule has 0 spiro atoms. The van der Waals surface area contributed by atoms with Gasteiger partial charge in [-0.3, -0.25) is 14.5 Å². The number of carbonyl (C=O) groups excluding carboxylic acids is 1. The van der Waals surface area contributed by atoms with Gasteiger partial charge in [-0.1, -0.05) is 21.9 Å². The molecule has 0 bridgehead atoms. The van der Waals surface area contributed by atoms with Crippen LogP contribution in [0.15, 0.2) is 22.7 Å². The topological polar surface area (TPSA) is 69.6 Å².